The minimum absolute atomic E-state index is 0.0187. The average Bonchev–Trinajstić information content (AvgIpc) is 1.61. The molecule has 4 amide bonds. The first-order valence-corrected chi connectivity index (χ1v) is 38.4. The van der Waals surface area contributed by atoms with Crippen molar-refractivity contribution in [1.29, 1.82) is 0 Å². The number of nitrogens with zero attached hydrogens (tertiary/aromatic N) is 4. The fraction of sp³-hybridized carbons (Fsp3) is 0.485. The summed E-state index contributed by atoms with van der Waals surface area (Å²) in [6.45, 7) is 8.81. The lowest BCUT2D eigenvalue weighted by Crippen LogP contribution is -2.48. The van der Waals surface area contributed by atoms with Crippen LogP contribution in [0.4, 0.5) is 22.7 Å². The van der Waals surface area contributed by atoms with Gasteiger partial charge in [0, 0.05) is 84.8 Å². The zero-order valence-corrected chi connectivity index (χ0v) is 58.6. The average molecular weight is 1400 g/mol. The molecule has 0 radical (unpaired) electrons. The molecule has 27 heteroatoms. The molecule has 1 saturated heterocycles. The molecule has 5 atom stereocenters. The van der Waals surface area contributed by atoms with Crippen LogP contribution in [-0.4, -0.2) is 181 Å². The number of likely N-dealkylation sites (tertiary alicyclic amines) is 1. The molecule has 3 unspecified atom stereocenters. The summed E-state index contributed by atoms with van der Waals surface area (Å²) >= 11 is 1.29. The van der Waals surface area contributed by atoms with Gasteiger partial charge < -0.3 is 48.4 Å². The Morgan fingerprint density at radius 1 is 0.768 bits per heavy atom. The summed E-state index contributed by atoms with van der Waals surface area (Å²) in [5.41, 5.74) is 8.77. The van der Waals surface area contributed by atoms with Gasteiger partial charge in [-0.15, -0.1) is 0 Å². The highest BCUT2D eigenvalue weighted by Crippen LogP contribution is 2.44. The van der Waals surface area contributed by atoms with Gasteiger partial charge in [0.05, 0.1) is 81.6 Å². The molecule has 0 bridgehead atoms. The van der Waals surface area contributed by atoms with Crippen LogP contribution in [0, 0.1) is 6.92 Å². The van der Waals surface area contributed by atoms with Crippen molar-refractivity contribution >= 4 is 106 Å². The molecule has 5 aliphatic rings. The molecule has 5 heterocycles. The summed E-state index contributed by atoms with van der Waals surface area (Å²) in [5, 5.41) is 1.37. The van der Waals surface area contributed by atoms with Crippen molar-refractivity contribution in [2.24, 2.45) is 0 Å². The molecule has 0 spiro atoms. The van der Waals surface area contributed by atoms with E-state index in [9.17, 15) is 45.4 Å². The highest BCUT2D eigenvalue weighted by atomic mass is 33.1. The third kappa shape index (κ3) is 17.1. The van der Waals surface area contributed by atoms with E-state index in [1.165, 1.54) is 46.0 Å². The number of aryl methyl sites for hydroxylation is 2. The van der Waals surface area contributed by atoms with E-state index in [1.807, 2.05) is 84.6 Å². The first-order chi connectivity index (χ1) is 45.5. The van der Waals surface area contributed by atoms with E-state index in [-0.39, 0.29) is 97.9 Å². The predicted octanol–water partition coefficient (Wildman–Crippen LogP) is 9.15. The molecule has 10 rings (SSSR count). The van der Waals surface area contributed by atoms with Gasteiger partial charge in [0.1, 0.15) is 24.2 Å². The van der Waals surface area contributed by atoms with Crippen LogP contribution >= 0.6 is 33.3 Å². The second-order valence-electron chi connectivity index (χ2n) is 24.8. The smallest absolute Gasteiger partial charge is 0.277 e. The van der Waals surface area contributed by atoms with Gasteiger partial charge in [-0.2, -0.15) is 28.6 Å². The highest BCUT2D eigenvalue weighted by Gasteiger charge is 2.45. The van der Waals surface area contributed by atoms with Gasteiger partial charge in [0.25, 0.3) is 32.1 Å². The Labute approximate surface area is 568 Å². The first-order valence-electron chi connectivity index (χ1n) is 31.7. The lowest BCUT2D eigenvalue weighted by atomic mass is 9.98. The standard InChI is InChI=1S/C68H83N5O17S5/c1-43-29-51-46(18-19-49-33-47-13-8-10-15-55(47)72(49)65(51)76)35-59(43)89-39-44-30-45(40-90-61-37-53-52(36-60(61)85-5)66(77)73-56-16-11-9-14-48(56)34-57(73)54(69-53)41-94(79,80)81)32-50(31-44)70(22-23-87-26-27-88-25-24-84-4)42-68(2,3)93-92-28-20-63(95(82,83)86-6)58(74)17-12-21-71-64(75)38-62(91-7)67(71)78/h8-11,13-16,29-32,35-37,49,54,57,62-63,69H,12,17-28,33-34,38-42H2,1-7H3,(H,79,80,81)/t49-,54?,57+,62?,63?/m1/s1. The minimum atomic E-state index is -4.53. The molecular weight excluding hydrogens is 1320 g/mol. The lowest BCUT2D eigenvalue weighted by Gasteiger charge is -2.34. The summed E-state index contributed by atoms with van der Waals surface area (Å²) in [4.78, 5) is 74.8. The number of methoxy groups -OCH3 is 2. The molecule has 95 heavy (non-hydrogen) atoms. The molecular formula is C68H83N5O17S5. The maximum absolute atomic E-state index is 14.7. The molecule has 512 valence electrons. The Hall–Kier alpha value is -6.40. The molecule has 5 aliphatic heterocycles. The van der Waals surface area contributed by atoms with Crippen molar-refractivity contribution < 1.29 is 78.0 Å². The van der Waals surface area contributed by atoms with Crippen molar-refractivity contribution in [3.8, 4) is 17.2 Å². The first kappa shape index (κ1) is 71.4. The Morgan fingerprint density at radius 2 is 1.43 bits per heavy atom. The maximum atomic E-state index is 14.7. The summed E-state index contributed by atoms with van der Waals surface area (Å²) in [6.07, 6.45) is 4.39. The van der Waals surface area contributed by atoms with Gasteiger partial charge in [0.2, 0.25) is 11.8 Å². The van der Waals surface area contributed by atoms with E-state index in [0.717, 1.165) is 58.5 Å². The zero-order valence-electron chi connectivity index (χ0n) is 54.5. The summed E-state index contributed by atoms with van der Waals surface area (Å²) in [5.74, 6) is -0.869. The van der Waals surface area contributed by atoms with Crippen molar-refractivity contribution in [2.45, 2.75) is 119 Å². The monoisotopic (exact) mass is 1400 g/mol. The van der Waals surface area contributed by atoms with Crippen LogP contribution in [0.2, 0.25) is 0 Å². The maximum Gasteiger partial charge on any atom is 0.277 e. The molecule has 0 saturated carbocycles. The van der Waals surface area contributed by atoms with Gasteiger partial charge in [-0.1, -0.05) is 58.0 Å². The van der Waals surface area contributed by atoms with E-state index in [2.05, 4.69) is 30.1 Å². The number of anilines is 4. The molecule has 5 aromatic rings. The number of para-hydroxylation sites is 2. The van der Waals surface area contributed by atoms with Crippen LogP contribution in [0.15, 0.2) is 91.0 Å². The number of hydrogen-bond acceptors (Lipinski definition) is 21. The fourth-order valence-electron chi connectivity index (χ4n) is 13.1. The number of carbonyl (C=O) groups is 5. The van der Waals surface area contributed by atoms with Crippen LogP contribution in [-0.2, 0) is 85.5 Å². The van der Waals surface area contributed by atoms with E-state index < -0.39 is 59.1 Å². The van der Waals surface area contributed by atoms with Crippen LogP contribution in [0.1, 0.15) is 100 Å². The molecule has 0 aromatic heterocycles. The Bertz CT molecular complexity index is 3890. The fourth-order valence-corrected chi connectivity index (χ4v) is 18.3. The minimum Gasteiger partial charge on any atom is -0.493 e. The number of hydrogen-bond donors (Lipinski definition) is 2. The predicted molar refractivity (Wildman–Crippen MR) is 370 cm³/mol. The van der Waals surface area contributed by atoms with Gasteiger partial charge in [-0.3, -0.25) is 37.6 Å². The molecule has 1 fully saturated rings. The van der Waals surface area contributed by atoms with E-state index in [0.29, 0.717) is 87.2 Å². The van der Waals surface area contributed by atoms with Crippen molar-refractivity contribution in [2.75, 3.05) is 112 Å². The number of amides is 4. The quantitative estimate of drug-likeness (QED) is 0.0128. The number of fused-ring (bicyclic) bond motifs is 8. The molecule has 2 N–H and O–H groups in total. The van der Waals surface area contributed by atoms with Crippen molar-refractivity contribution in [1.82, 2.24) is 4.90 Å². The summed E-state index contributed by atoms with van der Waals surface area (Å²) in [7, 11) is -1.77. The number of rotatable bonds is 34. The third-order valence-corrected chi connectivity index (χ3v) is 24.4. The number of ketones is 1. The largest absolute Gasteiger partial charge is 0.493 e. The van der Waals surface area contributed by atoms with Crippen LogP contribution in [0.25, 0.3) is 0 Å². The van der Waals surface area contributed by atoms with Crippen molar-refractivity contribution in [3.05, 3.63) is 136 Å². The molecule has 5 aromatic carbocycles. The van der Waals surface area contributed by atoms with E-state index in [1.54, 1.807) is 30.4 Å². The second kappa shape index (κ2) is 31.4. The normalized spacial score (nSPS) is 18.7. The SMILES string of the molecule is COCCOCCOCCN(CC(C)(C)SSCCC(C(=O)CCCN1C(=O)CC(SC)C1=O)S(=O)(=O)OC)c1cc(COc2cc3c(cc2C)C(=O)N2c4ccccc4C[C@H]2CC3)cc(COc2cc3c(cc2OC)C(=O)N2c4ccccc4C[C@H]2C(CS(=O)(=O)O)N3)c1. The number of benzene rings is 5. The van der Waals surface area contributed by atoms with Crippen molar-refractivity contribution in [3.63, 3.8) is 0 Å². The third-order valence-electron chi connectivity index (χ3n) is 17.7. The Kier molecular flexibility index (Phi) is 23.6. The van der Waals surface area contributed by atoms with Crippen LogP contribution in [0.5, 0.6) is 17.2 Å². The second-order valence-corrected chi connectivity index (χ2v) is 32.4. The zero-order chi connectivity index (χ0) is 67.8. The van der Waals surface area contributed by atoms with Gasteiger partial charge >= 0.3 is 0 Å². The molecule has 22 nitrogen and oxygen atoms in total. The number of imide groups is 1. The van der Waals surface area contributed by atoms with E-state index in [4.69, 9.17) is 32.6 Å². The van der Waals surface area contributed by atoms with Gasteiger partial charge in [-0.05, 0) is 147 Å². The number of ether oxygens (including phenoxy) is 6. The van der Waals surface area contributed by atoms with Crippen LogP contribution in [0.3, 0.4) is 0 Å². The number of carbonyl (C=O) groups excluding carboxylic acids is 5. The summed E-state index contributed by atoms with van der Waals surface area (Å²) < 4.78 is 103. The molecule has 0 aliphatic carbocycles. The number of nitrogens with one attached hydrogen (secondary N) is 1. The van der Waals surface area contributed by atoms with Gasteiger partial charge in [-0.25, -0.2) is 0 Å². The number of thioether (sulfide) groups is 1. The Morgan fingerprint density at radius 3 is 2.11 bits per heavy atom. The summed E-state index contributed by atoms with van der Waals surface area (Å²) in [6, 6.07) is 27.1. The van der Waals surface area contributed by atoms with Gasteiger partial charge in [0.15, 0.2) is 17.3 Å². The number of Topliss-reactive ketones (excluding diaryl/α,β-unsaturated/α-hetero) is 1. The highest BCUT2D eigenvalue weighted by molar-refractivity contribution is 8.77. The van der Waals surface area contributed by atoms with E-state index >= 15 is 0 Å². The topological polar surface area (TPSA) is 263 Å². The lowest BCUT2D eigenvalue weighted by molar-refractivity contribution is -0.138. The van der Waals surface area contributed by atoms with Crippen LogP contribution < -0.4 is 34.2 Å². The Balaban J connectivity index is 0.921.